The first-order valence-electron chi connectivity index (χ1n) is 6.91. The molecule has 98 valence electrons. The van der Waals surface area contributed by atoms with Crippen LogP contribution in [-0.4, -0.2) is 12.3 Å². The lowest BCUT2D eigenvalue weighted by atomic mass is 9.80. The average Bonchev–Trinajstić information content (AvgIpc) is 2.37. The topological polar surface area (TPSA) is 43.1 Å². The van der Waals surface area contributed by atoms with Crippen LogP contribution in [0, 0.1) is 5.41 Å². The Hall–Kier alpha value is -1.15. The van der Waals surface area contributed by atoms with Crippen molar-refractivity contribution >= 4 is 5.78 Å². The Kier molecular flexibility index (Phi) is 3.86. The van der Waals surface area contributed by atoms with E-state index in [-0.39, 0.29) is 11.2 Å². The molecule has 0 bridgehead atoms. The zero-order chi connectivity index (χ0) is 13.2. The van der Waals surface area contributed by atoms with E-state index in [2.05, 4.69) is 12.1 Å². The predicted octanol–water partition coefficient (Wildman–Crippen LogP) is 3.12. The van der Waals surface area contributed by atoms with Gasteiger partial charge in [-0.1, -0.05) is 26.0 Å². The van der Waals surface area contributed by atoms with Crippen molar-refractivity contribution in [1.29, 1.82) is 0 Å². The van der Waals surface area contributed by atoms with E-state index in [1.54, 1.807) is 0 Å². The maximum absolute atomic E-state index is 12.5. The number of carbonyl (C=O) groups is 1. The Morgan fingerprint density at radius 1 is 1.22 bits per heavy atom. The van der Waals surface area contributed by atoms with Crippen molar-refractivity contribution in [1.82, 2.24) is 0 Å². The summed E-state index contributed by atoms with van der Waals surface area (Å²) >= 11 is 0. The molecule has 2 rings (SSSR count). The van der Waals surface area contributed by atoms with Crippen LogP contribution in [-0.2, 0) is 12.8 Å². The molecule has 2 nitrogen and oxygen atoms in total. The van der Waals surface area contributed by atoms with Gasteiger partial charge in [0.15, 0.2) is 5.78 Å². The number of Topliss-reactive ketones (excluding diaryl/α,β-unsaturated/α-hetero) is 1. The molecule has 0 radical (unpaired) electrons. The first kappa shape index (κ1) is 13.3. The van der Waals surface area contributed by atoms with Gasteiger partial charge >= 0.3 is 0 Å². The highest BCUT2D eigenvalue weighted by Gasteiger charge is 2.28. The third-order valence-electron chi connectivity index (χ3n) is 3.99. The van der Waals surface area contributed by atoms with Gasteiger partial charge in [-0.25, -0.2) is 0 Å². The van der Waals surface area contributed by atoms with E-state index in [9.17, 15) is 4.79 Å². The molecule has 0 saturated heterocycles. The fourth-order valence-electron chi connectivity index (χ4n) is 2.74. The van der Waals surface area contributed by atoms with Gasteiger partial charge in [0, 0.05) is 11.0 Å². The van der Waals surface area contributed by atoms with E-state index in [1.807, 2.05) is 19.9 Å². The van der Waals surface area contributed by atoms with Gasteiger partial charge in [-0.15, -0.1) is 0 Å². The molecule has 1 aromatic carbocycles. The smallest absolute Gasteiger partial charge is 0.168 e. The summed E-state index contributed by atoms with van der Waals surface area (Å²) in [6.45, 7) is 4.53. The van der Waals surface area contributed by atoms with Crippen LogP contribution in [0.3, 0.4) is 0 Å². The highest BCUT2D eigenvalue weighted by Crippen LogP contribution is 2.28. The number of aryl methyl sites for hydroxylation is 2. The number of benzene rings is 1. The second-order valence-corrected chi connectivity index (χ2v) is 5.94. The molecule has 0 aliphatic heterocycles. The van der Waals surface area contributed by atoms with Crippen LogP contribution in [0.2, 0.25) is 0 Å². The molecule has 2 heteroatoms. The number of fused-ring (bicyclic) bond motifs is 1. The molecule has 0 fully saturated rings. The second-order valence-electron chi connectivity index (χ2n) is 5.94. The Bertz CT molecular complexity index is 448. The average molecular weight is 245 g/mol. The number of rotatable bonds is 4. The number of hydrogen-bond acceptors (Lipinski definition) is 2. The van der Waals surface area contributed by atoms with Crippen LogP contribution < -0.4 is 5.73 Å². The molecule has 0 aromatic heterocycles. The van der Waals surface area contributed by atoms with Gasteiger partial charge in [-0.3, -0.25) is 4.79 Å². The van der Waals surface area contributed by atoms with Gasteiger partial charge < -0.3 is 5.73 Å². The van der Waals surface area contributed by atoms with E-state index < -0.39 is 0 Å². The Morgan fingerprint density at radius 3 is 2.56 bits per heavy atom. The van der Waals surface area contributed by atoms with Crippen LogP contribution in [0.15, 0.2) is 18.2 Å². The summed E-state index contributed by atoms with van der Waals surface area (Å²) in [5, 5.41) is 0. The maximum atomic E-state index is 12.5. The lowest BCUT2D eigenvalue weighted by Crippen LogP contribution is -2.27. The Morgan fingerprint density at radius 2 is 1.89 bits per heavy atom. The number of hydrogen-bond donors (Lipinski definition) is 1. The Labute approximate surface area is 110 Å². The first-order valence-corrected chi connectivity index (χ1v) is 6.91. The molecule has 1 aromatic rings. The molecular formula is C16H23NO. The summed E-state index contributed by atoms with van der Waals surface area (Å²) in [5.74, 6) is 0.223. The van der Waals surface area contributed by atoms with E-state index in [0.717, 1.165) is 24.8 Å². The fraction of sp³-hybridized carbons (Fsp3) is 0.562. The van der Waals surface area contributed by atoms with E-state index >= 15 is 0 Å². The SMILES string of the molecule is CC(C)(CCN)C(=O)c1ccc2c(c1)CCCC2. The van der Waals surface area contributed by atoms with Crippen molar-refractivity contribution in [3.05, 3.63) is 34.9 Å². The van der Waals surface area contributed by atoms with Crippen LogP contribution in [0.5, 0.6) is 0 Å². The molecule has 1 aliphatic carbocycles. The van der Waals surface area contributed by atoms with Crippen molar-refractivity contribution in [2.75, 3.05) is 6.54 Å². The van der Waals surface area contributed by atoms with Crippen LogP contribution in [0.25, 0.3) is 0 Å². The maximum Gasteiger partial charge on any atom is 0.168 e. The Balaban J connectivity index is 2.26. The molecule has 0 atom stereocenters. The van der Waals surface area contributed by atoms with Crippen molar-refractivity contribution in [3.63, 3.8) is 0 Å². The van der Waals surface area contributed by atoms with Gasteiger partial charge in [-0.05, 0) is 55.8 Å². The standard InChI is InChI=1S/C16H23NO/c1-16(2,9-10-17)15(18)14-8-7-12-5-3-4-6-13(12)11-14/h7-8,11H,3-6,9-10,17H2,1-2H3. The zero-order valence-corrected chi connectivity index (χ0v) is 11.5. The minimum absolute atomic E-state index is 0.223. The monoisotopic (exact) mass is 245 g/mol. The van der Waals surface area contributed by atoms with Crippen molar-refractivity contribution in [3.8, 4) is 0 Å². The fourth-order valence-corrected chi connectivity index (χ4v) is 2.74. The zero-order valence-electron chi connectivity index (χ0n) is 11.5. The molecule has 18 heavy (non-hydrogen) atoms. The summed E-state index contributed by atoms with van der Waals surface area (Å²) in [7, 11) is 0. The largest absolute Gasteiger partial charge is 0.330 e. The minimum atomic E-state index is -0.350. The molecule has 2 N–H and O–H groups in total. The quantitative estimate of drug-likeness (QED) is 0.828. The molecule has 0 saturated carbocycles. The van der Waals surface area contributed by atoms with Crippen molar-refractivity contribution in [2.45, 2.75) is 46.0 Å². The summed E-state index contributed by atoms with van der Waals surface area (Å²) in [4.78, 5) is 12.5. The molecule has 0 spiro atoms. The van der Waals surface area contributed by atoms with Crippen LogP contribution >= 0.6 is 0 Å². The minimum Gasteiger partial charge on any atom is -0.330 e. The summed E-state index contributed by atoms with van der Waals surface area (Å²) < 4.78 is 0. The van der Waals surface area contributed by atoms with Crippen molar-refractivity contribution in [2.24, 2.45) is 11.1 Å². The van der Waals surface area contributed by atoms with Crippen molar-refractivity contribution < 1.29 is 4.79 Å². The van der Waals surface area contributed by atoms with Crippen LogP contribution in [0.4, 0.5) is 0 Å². The van der Waals surface area contributed by atoms with E-state index in [4.69, 9.17) is 5.73 Å². The lowest BCUT2D eigenvalue weighted by molar-refractivity contribution is 0.0829. The first-order chi connectivity index (χ1) is 8.54. The number of nitrogens with two attached hydrogens (primary N) is 1. The summed E-state index contributed by atoms with van der Waals surface area (Å²) in [6, 6.07) is 6.24. The van der Waals surface area contributed by atoms with Gasteiger partial charge in [-0.2, -0.15) is 0 Å². The number of carbonyl (C=O) groups excluding carboxylic acids is 1. The highest BCUT2D eigenvalue weighted by atomic mass is 16.1. The molecule has 0 heterocycles. The normalized spacial score (nSPS) is 15.3. The van der Waals surface area contributed by atoms with Gasteiger partial charge in [0.25, 0.3) is 0 Å². The summed E-state index contributed by atoms with van der Waals surface area (Å²) in [6.07, 6.45) is 5.54. The third-order valence-corrected chi connectivity index (χ3v) is 3.99. The van der Waals surface area contributed by atoms with Crippen LogP contribution in [0.1, 0.15) is 54.6 Å². The second kappa shape index (κ2) is 5.23. The van der Waals surface area contributed by atoms with E-state index in [1.165, 1.54) is 24.0 Å². The van der Waals surface area contributed by atoms with Gasteiger partial charge in [0.05, 0.1) is 0 Å². The lowest BCUT2D eigenvalue weighted by Gasteiger charge is -2.23. The van der Waals surface area contributed by atoms with E-state index in [0.29, 0.717) is 6.54 Å². The molecule has 0 unspecified atom stereocenters. The van der Waals surface area contributed by atoms with Gasteiger partial charge in [0.2, 0.25) is 0 Å². The molecular weight excluding hydrogens is 222 g/mol. The molecule has 1 aliphatic rings. The third kappa shape index (κ3) is 2.64. The molecule has 0 amide bonds. The van der Waals surface area contributed by atoms with Gasteiger partial charge in [0.1, 0.15) is 0 Å². The number of ketones is 1. The predicted molar refractivity (Wildman–Crippen MR) is 74.9 cm³/mol. The summed E-state index contributed by atoms with van der Waals surface area (Å²) in [5.41, 5.74) is 8.89. The highest BCUT2D eigenvalue weighted by molar-refractivity contribution is 6.00.